The van der Waals surface area contributed by atoms with Gasteiger partial charge in [0.15, 0.2) is 0 Å². The summed E-state index contributed by atoms with van der Waals surface area (Å²) in [5.74, 6) is 5.34. The van der Waals surface area contributed by atoms with E-state index >= 15 is 0 Å². The number of amides is 2. The van der Waals surface area contributed by atoms with Crippen molar-refractivity contribution >= 4 is 17.9 Å². The van der Waals surface area contributed by atoms with Gasteiger partial charge in [-0.05, 0) is 66.3 Å². The van der Waals surface area contributed by atoms with E-state index in [0.29, 0.717) is 5.56 Å². The van der Waals surface area contributed by atoms with Gasteiger partial charge in [-0.1, -0.05) is 36.1 Å². The van der Waals surface area contributed by atoms with Crippen LogP contribution in [0, 0.1) is 17.8 Å². The number of morpholine rings is 1. The second kappa shape index (κ2) is 11.6. The van der Waals surface area contributed by atoms with E-state index in [4.69, 9.17) is 9.94 Å². The molecule has 1 atom stereocenters. The van der Waals surface area contributed by atoms with Crippen LogP contribution in [0.3, 0.4) is 0 Å². The first-order valence-electron chi connectivity index (χ1n) is 11.5. The van der Waals surface area contributed by atoms with Gasteiger partial charge in [0.05, 0.1) is 13.2 Å². The zero-order valence-corrected chi connectivity index (χ0v) is 19.0. The zero-order valence-electron chi connectivity index (χ0n) is 19.0. The Bertz CT molecular complexity index is 1070. The Labute approximate surface area is 199 Å². The highest BCUT2D eigenvalue weighted by atomic mass is 16.5. The Morgan fingerprint density at radius 3 is 2.44 bits per heavy atom. The minimum Gasteiger partial charge on any atom is -0.379 e. The largest absolute Gasteiger partial charge is 0.379 e. The number of benzene rings is 2. The molecule has 0 unspecified atom stereocenters. The first-order chi connectivity index (χ1) is 16.6. The summed E-state index contributed by atoms with van der Waals surface area (Å²) in [6.07, 6.45) is 5.39. The Hall–Kier alpha value is -3.44. The van der Waals surface area contributed by atoms with E-state index in [1.54, 1.807) is 23.7 Å². The molecule has 0 spiro atoms. The summed E-state index contributed by atoms with van der Waals surface area (Å²) >= 11 is 0. The summed E-state index contributed by atoms with van der Waals surface area (Å²) in [5, 5.41) is 11.6. The molecule has 1 aliphatic heterocycles. The van der Waals surface area contributed by atoms with Crippen molar-refractivity contribution in [1.82, 2.24) is 15.7 Å². The number of allylic oxidation sites excluding steroid dienone is 1. The number of ether oxygens (including phenoxy) is 1. The van der Waals surface area contributed by atoms with Gasteiger partial charge in [-0.2, -0.15) is 0 Å². The molecule has 0 bridgehead atoms. The lowest BCUT2D eigenvalue weighted by Gasteiger charge is -2.26. The maximum atomic E-state index is 12.5. The van der Waals surface area contributed by atoms with Gasteiger partial charge in [-0.3, -0.25) is 19.7 Å². The summed E-state index contributed by atoms with van der Waals surface area (Å²) in [4.78, 5) is 26.6. The van der Waals surface area contributed by atoms with E-state index in [-0.39, 0.29) is 11.8 Å². The molecule has 2 aliphatic rings. The van der Waals surface area contributed by atoms with Crippen molar-refractivity contribution in [2.24, 2.45) is 5.92 Å². The van der Waals surface area contributed by atoms with Gasteiger partial charge in [-0.25, -0.2) is 5.48 Å². The fourth-order valence-electron chi connectivity index (χ4n) is 3.84. The molecule has 0 aromatic heterocycles. The number of hydrogen-bond donors (Lipinski definition) is 3. The van der Waals surface area contributed by atoms with Crippen LogP contribution in [0.5, 0.6) is 0 Å². The fourth-order valence-corrected chi connectivity index (χ4v) is 3.84. The minimum absolute atomic E-state index is 0.0813. The van der Waals surface area contributed by atoms with Gasteiger partial charge >= 0.3 is 0 Å². The second-order valence-corrected chi connectivity index (χ2v) is 8.57. The topological polar surface area (TPSA) is 90.9 Å². The Balaban J connectivity index is 1.28. The molecule has 2 fully saturated rings. The average molecular weight is 460 g/mol. The predicted molar refractivity (Wildman–Crippen MR) is 129 cm³/mol. The van der Waals surface area contributed by atoms with Gasteiger partial charge in [0.25, 0.3) is 11.8 Å². The number of nitrogens with zero attached hydrogens (tertiary/aromatic N) is 1. The van der Waals surface area contributed by atoms with E-state index in [9.17, 15) is 9.59 Å². The lowest BCUT2D eigenvalue weighted by molar-refractivity contribution is -0.131. The molecule has 1 saturated carbocycles. The van der Waals surface area contributed by atoms with Crippen LogP contribution in [0.4, 0.5) is 0 Å². The first-order valence-corrected chi connectivity index (χ1v) is 11.5. The van der Waals surface area contributed by atoms with Gasteiger partial charge in [-0.15, -0.1) is 0 Å². The molecule has 2 aromatic carbocycles. The summed E-state index contributed by atoms with van der Waals surface area (Å²) < 4.78 is 5.39. The highest BCUT2D eigenvalue weighted by Gasteiger charge is 2.37. The normalized spacial score (nSPS) is 17.0. The fraction of sp³-hybridized carbons (Fsp3) is 0.333. The van der Waals surface area contributed by atoms with Crippen LogP contribution < -0.4 is 10.8 Å². The summed E-state index contributed by atoms with van der Waals surface area (Å²) in [7, 11) is 0. The maximum absolute atomic E-state index is 12.5. The monoisotopic (exact) mass is 459 g/mol. The highest BCUT2D eigenvalue weighted by molar-refractivity contribution is 5.97. The third kappa shape index (κ3) is 6.78. The lowest BCUT2D eigenvalue weighted by atomic mass is 10.1. The Kier molecular flexibility index (Phi) is 8.10. The molecule has 3 N–H and O–H groups in total. The van der Waals surface area contributed by atoms with Crippen LogP contribution in [0.15, 0.2) is 54.6 Å². The van der Waals surface area contributed by atoms with Gasteiger partial charge in [0.1, 0.15) is 6.04 Å². The van der Waals surface area contributed by atoms with Crippen LogP contribution in [-0.4, -0.2) is 54.3 Å². The number of rotatable bonds is 7. The number of carbonyl (C=O) groups excluding carboxylic acids is 2. The molecule has 1 saturated heterocycles. The smallest absolute Gasteiger partial charge is 0.266 e. The first kappa shape index (κ1) is 23.7. The number of nitrogens with one attached hydrogen (secondary N) is 2. The third-order valence-electron chi connectivity index (χ3n) is 5.98. The van der Waals surface area contributed by atoms with Crippen molar-refractivity contribution in [2.75, 3.05) is 26.3 Å². The van der Waals surface area contributed by atoms with E-state index in [2.05, 4.69) is 34.2 Å². The SMILES string of the molecule is O=C(N[C@H](C(=O)NO)C1CC1)c1ccc(/C=C/C#Cc2ccc(CN3CCOCC3)cc2)cc1. The molecular formula is C27H29N3O4. The number of hydroxylamine groups is 1. The van der Waals surface area contributed by atoms with E-state index in [1.165, 1.54) is 5.56 Å². The second-order valence-electron chi connectivity index (χ2n) is 8.57. The van der Waals surface area contributed by atoms with Crippen LogP contribution in [0.25, 0.3) is 6.08 Å². The Morgan fingerprint density at radius 2 is 1.79 bits per heavy atom. The quantitative estimate of drug-likeness (QED) is 0.336. The average Bonchev–Trinajstić information content (AvgIpc) is 3.72. The highest BCUT2D eigenvalue weighted by Crippen LogP contribution is 2.32. The van der Waals surface area contributed by atoms with Crippen LogP contribution in [0.2, 0.25) is 0 Å². The van der Waals surface area contributed by atoms with Crippen molar-refractivity contribution < 1.29 is 19.5 Å². The zero-order chi connectivity index (χ0) is 23.8. The predicted octanol–water partition coefficient (Wildman–Crippen LogP) is 2.60. The summed E-state index contributed by atoms with van der Waals surface area (Å²) in [6, 6.07) is 14.7. The van der Waals surface area contributed by atoms with E-state index in [1.807, 2.05) is 30.3 Å². The third-order valence-corrected chi connectivity index (χ3v) is 5.98. The van der Waals surface area contributed by atoms with Gasteiger partial charge < -0.3 is 10.1 Å². The molecule has 0 radical (unpaired) electrons. The molecule has 7 nitrogen and oxygen atoms in total. The summed E-state index contributed by atoms with van der Waals surface area (Å²) in [5.41, 5.74) is 5.23. The molecule has 2 aromatic rings. The number of hydrogen-bond acceptors (Lipinski definition) is 5. The van der Waals surface area contributed by atoms with E-state index < -0.39 is 11.9 Å². The standard InChI is InChI=1S/C27H29N3O4/c31-26(28-25(23-13-14-23)27(32)29-33)24-11-9-21(10-12-24)4-2-1-3-20-5-7-22(8-6-20)19-30-15-17-34-18-16-30/h2,4-12,23,25,33H,13-19H2,(H,28,31)(H,29,32)/b4-2+/t25-/m0/s1. The molecule has 1 heterocycles. The molecule has 1 aliphatic carbocycles. The molecular weight excluding hydrogens is 430 g/mol. The molecule has 2 amide bonds. The van der Waals surface area contributed by atoms with Crippen LogP contribution in [0.1, 0.15) is 39.9 Å². The molecule has 34 heavy (non-hydrogen) atoms. The summed E-state index contributed by atoms with van der Waals surface area (Å²) in [6.45, 7) is 4.48. The molecule has 176 valence electrons. The van der Waals surface area contributed by atoms with E-state index in [0.717, 1.165) is 56.8 Å². The lowest BCUT2D eigenvalue weighted by Crippen LogP contribution is -2.47. The number of carbonyl (C=O) groups is 2. The van der Waals surface area contributed by atoms with Crippen LogP contribution in [-0.2, 0) is 16.1 Å². The van der Waals surface area contributed by atoms with Gasteiger partial charge in [0.2, 0.25) is 0 Å². The van der Waals surface area contributed by atoms with Crippen molar-refractivity contribution in [3.8, 4) is 11.8 Å². The molecule has 4 rings (SSSR count). The maximum Gasteiger partial charge on any atom is 0.266 e. The minimum atomic E-state index is -0.708. The van der Waals surface area contributed by atoms with Crippen molar-refractivity contribution in [1.29, 1.82) is 0 Å². The molecule has 7 heteroatoms. The van der Waals surface area contributed by atoms with Crippen molar-refractivity contribution in [3.63, 3.8) is 0 Å². The Morgan fingerprint density at radius 1 is 1.09 bits per heavy atom. The van der Waals surface area contributed by atoms with Crippen molar-refractivity contribution in [2.45, 2.75) is 25.4 Å². The van der Waals surface area contributed by atoms with Crippen molar-refractivity contribution in [3.05, 3.63) is 76.9 Å². The van der Waals surface area contributed by atoms with Crippen LogP contribution >= 0.6 is 0 Å². The van der Waals surface area contributed by atoms with Gasteiger partial charge in [0, 0.05) is 30.8 Å².